The van der Waals surface area contributed by atoms with E-state index in [1.54, 1.807) is 30.7 Å². The van der Waals surface area contributed by atoms with E-state index in [-0.39, 0.29) is 29.6 Å². The summed E-state index contributed by atoms with van der Waals surface area (Å²) in [7, 11) is -2.77. The number of fused-ring (bicyclic) bond motifs is 1. The predicted octanol–water partition coefficient (Wildman–Crippen LogP) is 3.81. The zero-order valence-electron chi connectivity index (χ0n) is 16.9. The standard InChI is InChI=1S/C21H21FN2O5S2/c1-13-9-15(28-2)4-3-14(13)12-24(21-23-6-8-30-21)31(26,27)20-11-19-16(10-17(20)22)18(25)5-7-29-19/h3-4,6,8-11,18,25H,5,7,12H2,1-2H3/t18-/m1/s1. The molecule has 1 aliphatic heterocycles. The fourth-order valence-corrected chi connectivity index (χ4v) is 5.74. The molecule has 0 unspecified atom stereocenters. The third-order valence-electron chi connectivity index (χ3n) is 5.14. The van der Waals surface area contributed by atoms with Gasteiger partial charge in [-0.25, -0.2) is 22.1 Å². The lowest BCUT2D eigenvalue weighted by molar-refractivity contribution is 0.114. The van der Waals surface area contributed by atoms with Gasteiger partial charge in [0.15, 0.2) is 5.13 Å². The van der Waals surface area contributed by atoms with E-state index in [0.717, 1.165) is 38.9 Å². The number of aromatic nitrogens is 1. The van der Waals surface area contributed by atoms with Gasteiger partial charge in [-0.15, -0.1) is 11.3 Å². The number of aryl methyl sites for hydroxylation is 1. The minimum atomic E-state index is -4.32. The molecule has 0 amide bonds. The van der Waals surface area contributed by atoms with Crippen molar-refractivity contribution in [3.8, 4) is 11.5 Å². The molecule has 31 heavy (non-hydrogen) atoms. The summed E-state index contributed by atoms with van der Waals surface area (Å²) in [6, 6.07) is 7.49. The van der Waals surface area contributed by atoms with E-state index in [1.807, 2.05) is 6.92 Å². The van der Waals surface area contributed by atoms with Gasteiger partial charge in [-0.2, -0.15) is 0 Å². The van der Waals surface area contributed by atoms with Gasteiger partial charge in [0, 0.05) is 29.6 Å². The molecule has 0 bridgehead atoms. The molecule has 164 valence electrons. The number of ether oxygens (including phenoxy) is 2. The Hall–Kier alpha value is -2.69. The summed E-state index contributed by atoms with van der Waals surface area (Å²) >= 11 is 1.14. The molecule has 0 saturated carbocycles. The van der Waals surface area contributed by atoms with Crippen LogP contribution in [0.1, 0.15) is 29.2 Å². The zero-order valence-corrected chi connectivity index (χ0v) is 18.5. The average molecular weight is 465 g/mol. The van der Waals surface area contributed by atoms with Crippen molar-refractivity contribution in [2.45, 2.75) is 30.9 Å². The van der Waals surface area contributed by atoms with Gasteiger partial charge in [-0.3, -0.25) is 0 Å². The Kier molecular flexibility index (Phi) is 5.87. The maximum absolute atomic E-state index is 15.0. The van der Waals surface area contributed by atoms with E-state index in [9.17, 15) is 17.9 Å². The molecule has 4 rings (SSSR count). The number of hydrogen-bond acceptors (Lipinski definition) is 7. The number of anilines is 1. The summed E-state index contributed by atoms with van der Waals surface area (Å²) in [5.41, 5.74) is 1.80. The van der Waals surface area contributed by atoms with Crippen molar-refractivity contribution in [1.29, 1.82) is 0 Å². The first kappa shape index (κ1) is 21.5. The summed E-state index contributed by atoms with van der Waals surface area (Å²) in [4.78, 5) is 3.62. The van der Waals surface area contributed by atoms with Crippen LogP contribution in [-0.4, -0.2) is 32.2 Å². The number of sulfonamides is 1. The fourth-order valence-electron chi connectivity index (χ4n) is 3.41. The highest BCUT2D eigenvalue weighted by Gasteiger charge is 2.33. The summed E-state index contributed by atoms with van der Waals surface area (Å²) in [5, 5.41) is 12.0. The molecule has 0 fully saturated rings. The minimum Gasteiger partial charge on any atom is -0.497 e. The van der Waals surface area contributed by atoms with Crippen LogP contribution >= 0.6 is 11.3 Å². The second-order valence-electron chi connectivity index (χ2n) is 7.09. The van der Waals surface area contributed by atoms with Crippen molar-refractivity contribution in [2.24, 2.45) is 0 Å². The molecule has 1 aromatic heterocycles. The van der Waals surface area contributed by atoms with Crippen molar-refractivity contribution in [3.05, 3.63) is 64.4 Å². The highest BCUT2D eigenvalue weighted by Crippen LogP contribution is 2.37. The third-order valence-corrected chi connectivity index (χ3v) is 7.80. The molecular formula is C21H21FN2O5S2. The number of thiazole rings is 1. The van der Waals surface area contributed by atoms with Crippen LogP contribution in [0.2, 0.25) is 0 Å². The van der Waals surface area contributed by atoms with Crippen LogP contribution in [0.4, 0.5) is 9.52 Å². The Morgan fingerprint density at radius 1 is 1.35 bits per heavy atom. The number of aliphatic hydroxyl groups excluding tert-OH is 1. The Morgan fingerprint density at radius 2 is 2.16 bits per heavy atom. The van der Waals surface area contributed by atoms with Gasteiger partial charge in [0.05, 0.1) is 26.4 Å². The van der Waals surface area contributed by atoms with E-state index in [4.69, 9.17) is 9.47 Å². The summed E-state index contributed by atoms with van der Waals surface area (Å²) in [6.07, 6.45) is 0.916. The molecule has 2 aromatic carbocycles. The molecule has 0 spiro atoms. The van der Waals surface area contributed by atoms with Crippen LogP contribution in [0.25, 0.3) is 0 Å². The lowest BCUT2D eigenvalue weighted by Crippen LogP contribution is -2.31. The van der Waals surface area contributed by atoms with Gasteiger partial charge in [-0.05, 0) is 36.2 Å². The van der Waals surface area contributed by atoms with Crippen LogP contribution in [-0.2, 0) is 16.6 Å². The zero-order chi connectivity index (χ0) is 22.2. The summed E-state index contributed by atoms with van der Waals surface area (Å²) in [5.74, 6) is -0.129. The number of methoxy groups -OCH3 is 1. The van der Waals surface area contributed by atoms with Gasteiger partial charge in [0.1, 0.15) is 22.2 Å². The van der Waals surface area contributed by atoms with E-state index < -0.39 is 26.8 Å². The summed E-state index contributed by atoms with van der Waals surface area (Å²) in [6.45, 7) is 2.03. The molecule has 10 heteroatoms. The Balaban J connectivity index is 1.79. The quantitative estimate of drug-likeness (QED) is 0.597. The van der Waals surface area contributed by atoms with Crippen molar-refractivity contribution in [1.82, 2.24) is 4.98 Å². The van der Waals surface area contributed by atoms with Crippen LogP contribution in [0, 0.1) is 12.7 Å². The van der Waals surface area contributed by atoms with Gasteiger partial charge < -0.3 is 14.6 Å². The van der Waals surface area contributed by atoms with Crippen molar-refractivity contribution in [2.75, 3.05) is 18.0 Å². The highest BCUT2D eigenvalue weighted by atomic mass is 32.2. The topological polar surface area (TPSA) is 89.0 Å². The molecule has 0 aliphatic carbocycles. The number of nitrogens with zero attached hydrogens (tertiary/aromatic N) is 2. The summed E-state index contributed by atoms with van der Waals surface area (Å²) < 4.78 is 53.9. The van der Waals surface area contributed by atoms with Crippen LogP contribution in [0.15, 0.2) is 46.8 Å². The largest absolute Gasteiger partial charge is 0.497 e. The minimum absolute atomic E-state index is 0.0360. The predicted molar refractivity (Wildman–Crippen MR) is 115 cm³/mol. The fraction of sp³-hybridized carbons (Fsp3) is 0.286. The van der Waals surface area contributed by atoms with Crippen LogP contribution in [0.5, 0.6) is 11.5 Å². The van der Waals surface area contributed by atoms with E-state index in [0.29, 0.717) is 12.2 Å². The first-order valence-electron chi connectivity index (χ1n) is 9.51. The molecule has 1 atom stereocenters. The molecule has 1 aliphatic rings. The number of benzene rings is 2. The highest BCUT2D eigenvalue weighted by molar-refractivity contribution is 7.93. The molecule has 0 radical (unpaired) electrons. The maximum Gasteiger partial charge on any atom is 0.269 e. The van der Waals surface area contributed by atoms with E-state index in [2.05, 4.69) is 4.98 Å². The Morgan fingerprint density at radius 3 is 2.84 bits per heavy atom. The number of rotatable bonds is 6. The SMILES string of the molecule is COc1ccc(CN(c2nccs2)S(=O)(=O)c2cc3c(cc2F)[C@H](O)CCO3)c(C)c1. The Labute approximate surface area is 183 Å². The second kappa shape index (κ2) is 8.45. The first-order valence-corrected chi connectivity index (χ1v) is 11.8. The second-order valence-corrected chi connectivity index (χ2v) is 9.80. The number of hydrogen-bond donors (Lipinski definition) is 1. The molecule has 2 heterocycles. The Bertz CT molecular complexity index is 1200. The lowest BCUT2D eigenvalue weighted by atomic mass is 10.0. The first-order chi connectivity index (χ1) is 14.8. The lowest BCUT2D eigenvalue weighted by Gasteiger charge is -2.26. The smallest absolute Gasteiger partial charge is 0.269 e. The van der Waals surface area contributed by atoms with Crippen molar-refractivity contribution < 1.29 is 27.4 Å². The van der Waals surface area contributed by atoms with Gasteiger partial charge in [-0.1, -0.05) is 6.07 Å². The van der Waals surface area contributed by atoms with Crippen LogP contribution < -0.4 is 13.8 Å². The van der Waals surface area contributed by atoms with E-state index >= 15 is 0 Å². The van der Waals surface area contributed by atoms with Gasteiger partial charge in [0.25, 0.3) is 10.0 Å². The maximum atomic E-state index is 15.0. The third kappa shape index (κ3) is 4.10. The van der Waals surface area contributed by atoms with Crippen LogP contribution in [0.3, 0.4) is 0 Å². The monoisotopic (exact) mass is 464 g/mol. The van der Waals surface area contributed by atoms with Crippen molar-refractivity contribution in [3.63, 3.8) is 0 Å². The van der Waals surface area contributed by atoms with E-state index in [1.165, 1.54) is 6.20 Å². The molecule has 0 saturated heterocycles. The van der Waals surface area contributed by atoms with Gasteiger partial charge >= 0.3 is 0 Å². The van der Waals surface area contributed by atoms with Gasteiger partial charge in [0.2, 0.25) is 0 Å². The average Bonchev–Trinajstić information content (AvgIpc) is 3.27. The van der Waals surface area contributed by atoms with Crippen molar-refractivity contribution >= 4 is 26.5 Å². The molecule has 3 aromatic rings. The number of halogens is 1. The molecule has 1 N–H and O–H groups in total. The molecular weight excluding hydrogens is 443 g/mol. The number of aliphatic hydroxyl groups is 1. The molecule has 7 nitrogen and oxygen atoms in total. The normalized spacial score (nSPS) is 15.8.